The first-order chi connectivity index (χ1) is 9.95. The van der Waals surface area contributed by atoms with Crippen LogP contribution in [0.25, 0.3) is 0 Å². The van der Waals surface area contributed by atoms with E-state index in [1.54, 1.807) is 12.1 Å². The monoisotopic (exact) mass is 308 g/mol. The summed E-state index contributed by atoms with van der Waals surface area (Å²) in [7, 11) is 0. The summed E-state index contributed by atoms with van der Waals surface area (Å²) in [6.07, 6.45) is -0.0316. The van der Waals surface area contributed by atoms with E-state index in [0.717, 1.165) is 9.75 Å². The van der Waals surface area contributed by atoms with E-state index < -0.39 is 17.7 Å². The van der Waals surface area contributed by atoms with Crippen molar-refractivity contribution >= 4 is 28.9 Å². The lowest BCUT2D eigenvalue weighted by Gasteiger charge is -2.07. The Kier molecular flexibility index (Phi) is 4.54. The molecule has 4 N–H and O–H groups in total. The smallest absolute Gasteiger partial charge is 0.308 e. The summed E-state index contributed by atoms with van der Waals surface area (Å²) in [4.78, 5) is 23.3. The summed E-state index contributed by atoms with van der Waals surface area (Å²) in [5.41, 5.74) is 5.55. The fourth-order valence-electron chi connectivity index (χ4n) is 1.76. The number of hydrogen-bond donors (Lipinski definition) is 3. The predicted octanol–water partition coefficient (Wildman–Crippen LogP) is 2.23. The number of carboxylic acids is 1. The van der Waals surface area contributed by atoms with Gasteiger partial charge in [0.1, 0.15) is 5.82 Å². The number of anilines is 1. The Bertz CT molecular complexity index is 685. The molecule has 1 aromatic heterocycles. The maximum Gasteiger partial charge on any atom is 0.308 e. The van der Waals surface area contributed by atoms with Gasteiger partial charge in [-0.1, -0.05) is 0 Å². The highest BCUT2D eigenvalue weighted by molar-refractivity contribution is 7.12. The van der Waals surface area contributed by atoms with Gasteiger partial charge in [-0.05, 0) is 30.3 Å². The number of nitrogens with one attached hydrogen (secondary N) is 1. The first-order valence-electron chi connectivity index (χ1n) is 6.08. The molecule has 0 aliphatic carbocycles. The average Bonchev–Trinajstić information content (AvgIpc) is 2.84. The van der Waals surface area contributed by atoms with Crippen LogP contribution < -0.4 is 11.1 Å². The van der Waals surface area contributed by atoms with Crippen LogP contribution in [0.4, 0.5) is 10.1 Å². The molecule has 2 aromatic rings. The number of thiophene rings is 1. The van der Waals surface area contributed by atoms with Gasteiger partial charge in [-0.25, -0.2) is 4.39 Å². The Morgan fingerprint density at radius 3 is 2.62 bits per heavy atom. The number of halogens is 1. The molecule has 0 aliphatic heterocycles. The average molecular weight is 308 g/mol. The molecular weight excluding hydrogens is 295 g/mol. The second-order valence-electron chi connectivity index (χ2n) is 4.35. The van der Waals surface area contributed by atoms with E-state index in [4.69, 9.17) is 10.8 Å². The number of carboxylic acid groups (broad SMARTS) is 1. The van der Waals surface area contributed by atoms with Crippen LogP contribution in [0.1, 0.15) is 20.1 Å². The third-order valence-electron chi connectivity index (χ3n) is 2.75. The fourth-order valence-corrected chi connectivity index (χ4v) is 2.71. The third kappa shape index (κ3) is 4.03. The van der Waals surface area contributed by atoms with E-state index in [1.807, 2.05) is 0 Å². The number of hydrogen-bond acceptors (Lipinski definition) is 4. The standard InChI is InChI=1S/C14H13FN2O3S/c15-11-4-1-8(14(16)20)5-12(11)17-7-10-3-2-9(21-10)6-13(18)19/h1-5,17H,6-7H2,(H2,16,20)(H,18,19). The maximum absolute atomic E-state index is 13.6. The second-order valence-corrected chi connectivity index (χ2v) is 5.60. The molecule has 7 heteroatoms. The minimum atomic E-state index is -0.892. The van der Waals surface area contributed by atoms with Crippen molar-refractivity contribution < 1.29 is 19.1 Å². The second kappa shape index (κ2) is 6.36. The number of carbonyl (C=O) groups excluding carboxylic acids is 1. The van der Waals surface area contributed by atoms with Crippen LogP contribution in [0.2, 0.25) is 0 Å². The van der Waals surface area contributed by atoms with Gasteiger partial charge in [-0.15, -0.1) is 11.3 Å². The van der Waals surface area contributed by atoms with E-state index >= 15 is 0 Å². The summed E-state index contributed by atoms with van der Waals surface area (Å²) < 4.78 is 13.6. The van der Waals surface area contributed by atoms with Gasteiger partial charge in [0.05, 0.1) is 12.1 Å². The molecule has 0 bridgehead atoms. The molecular formula is C14H13FN2O3S. The minimum Gasteiger partial charge on any atom is -0.481 e. The summed E-state index contributed by atoms with van der Waals surface area (Å²) in [6, 6.07) is 7.35. The lowest BCUT2D eigenvalue weighted by Crippen LogP contribution is -2.12. The molecule has 1 heterocycles. The van der Waals surface area contributed by atoms with Crippen molar-refractivity contribution in [2.75, 3.05) is 5.32 Å². The van der Waals surface area contributed by atoms with Gasteiger partial charge in [-0.3, -0.25) is 9.59 Å². The number of rotatable bonds is 6. The van der Waals surface area contributed by atoms with Crippen LogP contribution in [0.5, 0.6) is 0 Å². The highest BCUT2D eigenvalue weighted by Gasteiger charge is 2.08. The highest BCUT2D eigenvalue weighted by atomic mass is 32.1. The molecule has 1 aromatic carbocycles. The van der Waals surface area contributed by atoms with E-state index in [1.165, 1.54) is 29.5 Å². The number of aliphatic carboxylic acids is 1. The maximum atomic E-state index is 13.6. The number of amides is 1. The van der Waals surface area contributed by atoms with Crippen molar-refractivity contribution in [3.05, 3.63) is 51.5 Å². The summed E-state index contributed by atoms with van der Waals surface area (Å²) >= 11 is 1.34. The van der Waals surface area contributed by atoms with Crippen LogP contribution in [0.3, 0.4) is 0 Å². The topological polar surface area (TPSA) is 92.4 Å². The van der Waals surface area contributed by atoms with Crippen molar-refractivity contribution in [1.82, 2.24) is 0 Å². The summed E-state index contributed by atoms with van der Waals surface area (Å²) in [6.45, 7) is 0.337. The lowest BCUT2D eigenvalue weighted by molar-refractivity contribution is -0.136. The van der Waals surface area contributed by atoms with Crippen molar-refractivity contribution in [1.29, 1.82) is 0 Å². The molecule has 0 atom stereocenters. The first-order valence-corrected chi connectivity index (χ1v) is 6.90. The number of primary amides is 1. The van der Waals surface area contributed by atoms with Crippen molar-refractivity contribution in [3.8, 4) is 0 Å². The first kappa shape index (κ1) is 15.0. The highest BCUT2D eigenvalue weighted by Crippen LogP contribution is 2.21. The summed E-state index contributed by atoms with van der Waals surface area (Å²) in [5, 5.41) is 11.6. The Morgan fingerprint density at radius 1 is 1.24 bits per heavy atom. The lowest BCUT2D eigenvalue weighted by atomic mass is 10.2. The molecule has 1 amide bonds. The molecule has 0 saturated heterocycles. The van der Waals surface area contributed by atoms with Gasteiger partial charge < -0.3 is 16.2 Å². The normalized spacial score (nSPS) is 10.3. The quantitative estimate of drug-likeness (QED) is 0.763. The number of benzene rings is 1. The van der Waals surface area contributed by atoms with Crippen molar-refractivity contribution in [2.45, 2.75) is 13.0 Å². The minimum absolute atomic E-state index is 0.0316. The third-order valence-corrected chi connectivity index (χ3v) is 3.83. The van der Waals surface area contributed by atoms with Crippen LogP contribution >= 0.6 is 11.3 Å². The zero-order valence-corrected chi connectivity index (χ0v) is 11.7. The largest absolute Gasteiger partial charge is 0.481 e. The Labute approximate surface area is 124 Å². The van der Waals surface area contributed by atoms with E-state index in [2.05, 4.69) is 5.32 Å². The van der Waals surface area contributed by atoms with Gasteiger partial charge in [0.2, 0.25) is 5.91 Å². The molecule has 0 fully saturated rings. The van der Waals surface area contributed by atoms with Crippen LogP contribution in [0.15, 0.2) is 30.3 Å². The van der Waals surface area contributed by atoms with Gasteiger partial charge in [0.15, 0.2) is 0 Å². The Balaban J connectivity index is 2.05. The van der Waals surface area contributed by atoms with Gasteiger partial charge in [0, 0.05) is 21.9 Å². The molecule has 5 nitrogen and oxygen atoms in total. The van der Waals surface area contributed by atoms with Crippen LogP contribution in [0, 0.1) is 5.82 Å². The molecule has 0 saturated carbocycles. The number of carbonyl (C=O) groups is 2. The van der Waals surface area contributed by atoms with Crippen molar-refractivity contribution in [2.24, 2.45) is 5.73 Å². The van der Waals surface area contributed by atoms with E-state index in [9.17, 15) is 14.0 Å². The van der Waals surface area contributed by atoms with Gasteiger partial charge in [0.25, 0.3) is 0 Å². The number of nitrogens with two attached hydrogens (primary N) is 1. The zero-order valence-electron chi connectivity index (χ0n) is 10.9. The van der Waals surface area contributed by atoms with E-state index in [-0.39, 0.29) is 17.7 Å². The molecule has 0 spiro atoms. The van der Waals surface area contributed by atoms with Crippen molar-refractivity contribution in [3.63, 3.8) is 0 Å². The van der Waals surface area contributed by atoms with Gasteiger partial charge in [-0.2, -0.15) is 0 Å². The fraction of sp³-hybridized carbons (Fsp3) is 0.143. The van der Waals surface area contributed by atoms with Crippen LogP contribution in [-0.4, -0.2) is 17.0 Å². The molecule has 2 rings (SSSR count). The van der Waals surface area contributed by atoms with Crippen LogP contribution in [-0.2, 0) is 17.8 Å². The Morgan fingerprint density at radius 2 is 1.95 bits per heavy atom. The Hall–Kier alpha value is -2.41. The molecule has 0 unspecified atom stereocenters. The summed E-state index contributed by atoms with van der Waals surface area (Å²) in [5.74, 6) is -2.00. The molecule has 0 radical (unpaired) electrons. The predicted molar refractivity (Wildman–Crippen MR) is 77.9 cm³/mol. The molecule has 21 heavy (non-hydrogen) atoms. The molecule has 110 valence electrons. The van der Waals surface area contributed by atoms with Gasteiger partial charge >= 0.3 is 5.97 Å². The SMILES string of the molecule is NC(=O)c1ccc(F)c(NCc2ccc(CC(=O)O)s2)c1. The zero-order chi connectivity index (χ0) is 15.4. The molecule has 0 aliphatic rings. The van der Waals surface area contributed by atoms with E-state index in [0.29, 0.717) is 6.54 Å².